The van der Waals surface area contributed by atoms with E-state index >= 15 is 0 Å². The Labute approximate surface area is 93.9 Å². The largest absolute Gasteiger partial charge is 0.298 e. The van der Waals surface area contributed by atoms with Crippen LogP contribution in [-0.4, -0.2) is 21.1 Å². The molecule has 0 fully saturated rings. The van der Waals surface area contributed by atoms with Crippen molar-refractivity contribution < 1.29 is 4.79 Å². The Hall–Kier alpha value is -1.97. The van der Waals surface area contributed by atoms with Gasteiger partial charge >= 0.3 is 0 Å². The van der Waals surface area contributed by atoms with Gasteiger partial charge in [-0.3, -0.25) is 4.79 Å². The summed E-state index contributed by atoms with van der Waals surface area (Å²) in [6, 6.07) is 5.50. The fraction of sp³-hybridized carbons (Fsp3) is 0.250. The van der Waals surface area contributed by atoms with Crippen molar-refractivity contribution in [1.82, 2.24) is 14.8 Å². The second-order valence-corrected chi connectivity index (χ2v) is 3.89. The van der Waals surface area contributed by atoms with E-state index in [2.05, 4.69) is 23.9 Å². The molecular formula is C12H13N3O. The van der Waals surface area contributed by atoms with Gasteiger partial charge in [0.25, 0.3) is 0 Å². The molecule has 0 bridgehead atoms. The minimum atomic E-state index is 0.384. The molecule has 0 aromatic carbocycles. The molecule has 0 spiro atoms. The van der Waals surface area contributed by atoms with Crippen molar-refractivity contribution in [3.05, 3.63) is 41.9 Å². The van der Waals surface area contributed by atoms with Gasteiger partial charge in [-0.15, -0.1) is 0 Å². The summed E-state index contributed by atoms with van der Waals surface area (Å²) in [7, 11) is 0. The van der Waals surface area contributed by atoms with Crippen LogP contribution in [0.25, 0.3) is 5.82 Å². The summed E-state index contributed by atoms with van der Waals surface area (Å²) in [6.07, 6.45) is 4.09. The number of aromatic nitrogens is 3. The number of carbonyl (C=O) groups excluding carboxylic acids is 1. The van der Waals surface area contributed by atoms with Crippen molar-refractivity contribution in [2.24, 2.45) is 0 Å². The van der Waals surface area contributed by atoms with E-state index in [0.29, 0.717) is 11.5 Å². The average molecular weight is 215 g/mol. The first-order valence-corrected chi connectivity index (χ1v) is 5.18. The molecule has 0 aliphatic heterocycles. The summed E-state index contributed by atoms with van der Waals surface area (Å²) in [4.78, 5) is 14.7. The maximum Gasteiger partial charge on any atom is 0.153 e. The Morgan fingerprint density at radius 2 is 2.12 bits per heavy atom. The van der Waals surface area contributed by atoms with E-state index < -0.39 is 0 Å². The minimum Gasteiger partial charge on any atom is -0.298 e. The predicted octanol–water partition coefficient (Wildman–Crippen LogP) is 2.20. The lowest BCUT2D eigenvalue weighted by atomic mass is 10.1. The van der Waals surface area contributed by atoms with Gasteiger partial charge in [-0.25, -0.2) is 9.67 Å². The van der Waals surface area contributed by atoms with Gasteiger partial charge in [-0.2, -0.15) is 5.10 Å². The van der Waals surface area contributed by atoms with Crippen LogP contribution >= 0.6 is 0 Å². The van der Waals surface area contributed by atoms with Crippen LogP contribution in [0.4, 0.5) is 0 Å². The smallest absolute Gasteiger partial charge is 0.153 e. The minimum absolute atomic E-state index is 0.384. The molecule has 0 atom stereocenters. The number of nitrogens with zero attached hydrogens (tertiary/aromatic N) is 3. The summed E-state index contributed by atoms with van der Waals surface area (Å²) >= 11 is 0. The summed E-state index contributed by atoms with van der Waals surface area (Å²) in [6.45, 7) is 4.21. The van der Waals surface area contributed by atoms with E-state index in [0.717, 1.165) is 17.8 Å². The second kappa shape index (κ2) is 4.26. The third-order valence-electron chi connectivity index (χ3n) is 2.39. The number of pyridine rings is 1. The second-order valence-electron chi connectivity index (χ2n) is 3.89. The Kier molecular flexibility index (Phi) is 2.81. The molecule has 0 saturated heterocycles. The molecule has 4 heteroatoms. The Morgan fingerprint density at radius 1 is 1.31 bits per heavy atom. The van der Waals surface area contributed by atoms with Gasteiger partial charge < -0.3 is 0 Å². The third-order valence-corrected chi connectivity index (χ3v) is 2.39. The van der Waals surface area contributed by atoms with Crippen molar-refractivity contribution in [2.75, 3.05) is 0 Å². The number of rotatable bonds is 3. The monoisotopic (exact) mass is 215 g/mol. The lowest BCUT2D eigenvalue weighted by molar-refractivity contribution is 0.112. The van der Waals surface area contributed by atoms with Crippen LogP contribution in [-0.2, 0) is 0 Å². The van der Waals surface area contributed by atoms with E-state index in [1.54, 1.807) is 29.2 Å². The van der Waals surface area contributed by atoms with Gasteiger partial charge in [0.15, 0.2) is 12.1 Å². The fourth-order valence-corrected chi connectivity index (χ4v) is 1.53. The number of carbonyl (C=O) groups is 1. The van der Waals surface area contributed by atoms with Crippen molar-refractivity contribution in [2.45, 2.75) is 19.8 Å². The molecule has 82 valence electrons. The molecule has 2 rings (SSSR count). The molecule has 0 saturated carbocycles. The first kappa shape index (κ1) is 10.5. The molecular weight excluding hydrogens is 202 g/mol. The first-order chi connectivity index (χ1) is 7.72. The van der Waals surface area contributed by atoms with Crippen LogP contribution in [0, 0.1) is 0 Å². The van der Waals surface area contributed by atoms with Crippen LogP contribution < -0.4 is 0 Å². The summed E-state index contributed by atoms with van der Waals surface area (Å²) in [5.41, 5.74) is 1.67. The molecule has 0 unspecified atom stereocenters. The van der Waals surface area contributed by atoms with E-state index in [-0.39, 0.29) is 0 Å². The Morgan fingerprint density at radius 3 is 2.69 bits per heavy atom. The molecule has 2 heterocycles. The summed E-state index contributed by atoms with van der Waals surface area (Å²) < 4.78 is 1.79. The normalized spacial score (nSPS) is 10.7. The van der Waals surface area contributed by atoms with Crippen molar-refractivity contribution >= 4 is 6.29 Å². The van der Waals surface area contributed by atoms with E-state index in [4.69, 9.17) is 0 Å². The zero-order valence-electron chi connectivity index (χ0n) is 9.29. The lowest BCUT2D eigenvalue weighted by Gasteiger charge is -2.08. The molecule has 0 aliphatic carbocycles. The lowest BCUT2D eigenvalue weighted by Crippen LogP contribution is -2.05. The van der Waals surface area contributed by atoms with E-state index in [1.807, 2.05) is 6.07 Å². The topological polar surface area (TPSA) is 47.8 Å². The van der Waals surface area contributed by atoms with Gasteiger partial charge in [0, 0.05) is 23.7 Å². The predicted molar refractivity (Wildman–Crippen MR) is 60.8 cm³/mol. The molecule has 0 radical (unpaired) electrons. The highest BCUT2D eigenvalue weighted by Gasteiger charge is 2.08. The van der Waals surface area contributed by atoms with Crippen molar-refractivity contribution in [1.29, 1.82) is 0 Å². The number of hydrogen-bond donors (Lipinski definition) is 0. The Balaban J connectivity index is 2.42. The molecule has 0 aliphatic rings. The van der Waals surface area contributed by atoms with Gasteiger partial charge in [0.05, 0.1) is 0 Å². The van der Waals surface area contributed by atoms with Crippen LogP contribution in [0.3, 0.4) is 0 Å². The van der Waals surface area contributed by atoms with Gasteiger partial charge in [-0.1, -0.05) is 13.8 Å². The summed E-state index contributed by atoms with van der Waals surface area (Å²) in [5, 5.41) is 4.23. The van der Waals surface area contributed by atoms with Crippen molar-refractivity contribution in [3.8, 4) is 5.82 Å². The SMILES string of the molecule is CC(C)c1ccnn1-c1ccc(C=O)cn1. The van der Waals surface area contributed by atoms with E-state index in [1.165, 1.54) is 0 Å². The maximum absolute atomic E-state index is 10.5. The molecule has 16 heavy (non-hydrogen) atoms. The number of hydrogen-bond acceptors (Lipinski definition) is 3. The molecule has 4 nitrogen and oxygen atoms in total. The summed E-state index contributed by atoms with van der Waals surface area (Å²) in [5.74, 6) is 1.12. The average Bonchev–Trinajstić information content (AvgIpc) is 2.78. The van der Waals surface area contributed by atoms with E-state index in [9.17, 15) is 4.79 Å². The quantitative estimate of drug-likeness (QED) is 0.737. The number of aldehydes is 1. The van der Waals surface area contributed by atoms with Crippen LogP contribution in [0.1, 0.15) is 35.8 Å². The standard InChI is InChI=1S/C12H13N3O/c1-9(2)11-5-6-14-15(11)12-4-3-10(8-16)7-13-12/h3-9H,1-2H3. The zero-order valence-corrected chi connectivity index (χ0v) is 9.29. The fourth-order valence-electron chi connectivity index (χ4n) is 1.53. The molecule has 2 aromatic rings. The molecule has 2 aromatic heterocycles. The highest BCUT2D eigenvalue weighted by molar-refractivity contribution is 5.74. The third kappa shape index (κ3) is 1.86. The van der Waals surface area contributed by atoms with Gasteiger partial charge in [-0.05, 0) is 24.1 Å². The maximum atomic E-state index is 10.5. The van der Waals surface area contributed by atoms with Crippen LogP contribution in [0.15, 0.2) is 30.6 Å². The molecule has 0 N–H and O–H groups in total. The van der Waals surface area contributed by atoms with Gasteiger partial charge in [0.1, 0.15) is 0 Å². The first-order valence-electron chi connectivity index (χ1n) is 5.18. The van der Waals surface area contributed by atoms with Crippen LogP contribution in [0.2, 0.25) is 0 Å². The molecule has 0 amide bonds. The zero-order chi connectivity index (χ0) is 11.5. The van der Waals surface area contributed by atoms with Crippen LogP contribution in [0.5, 0.6) is 0 Å². The highest BCUT2D eigenvalue weighted by Crippen LogP contribution is 2.16. The van der Waals surface area contributed by atoms with Gasteiger partial charge in [0.2, 0.25) is 0 Å². The highest BCUT2D eigenvalue weighted by atomic mass is 16.1. The van der Waals surface area contributed by atoms with Crippen molar-refractivity contribution in [3.63, 3.8) is 0 Å². The Bertz CT molecular complexity index is 485.